The van der Waals surface area contributed by atoms with Crippen LogP contribution in [-0.2, 0) is 0 Å². The van der Waals surface area contributed by atoms with Crippen LogP contribution >= 0.6 is 0 Å². The van der Waals surface area contributed by atoms with Crippen molar-refractivity contribution in [1.29, 1.82) is 0 Å². The van der Waals surface area contributed by atoms with Crippen LogP contribution < -0.4 is 0 Å². The summed E-state index contributed by atoms with van der Waals surface area (Å²) >= 11 is 0. The predicted molar refractivity (Wildman–Crippen MR) is 58.9 cm³/mol. The van der Waals surface area contributed by atoms with Gasteiger partial charge in [0.15, 0.2) is 0 Å². The fourth-order valence-electron chi connectivity index (χ4n) is 0.519. The zero-order valence-corrected chi connectivity index (χ0v) is 9.31. The molecular formula is C9H15N3Si. The largest absolute Gasteiger partial charge is 0.146 e. The first-order chi connectivity index (χ1) is 6.06. The van der Waals surface area contributed by atoms with Gasteiger partial charge in [-0.2, -0.15) is 0 Å². The van der Waals surface area contributed by atoms with Crippen LogP contribution in [0.1, 0.15) is 0 Å². The third-order valence-corrected chi connectivity index (χ3v) is 1.70. The molecule has 0 fully saturated rings. The van der Waals surface area contributed by atoms with Crippen molar-refractivity contribution in [3.63, 3.8) is 0 Å². The zero-order chi connectivity index (χ0) is 10.2. The molecule has 13 heavy (non-hydrogen) atoms. The number of hydrogen-bond donors (Lipinski definition) is 0. The molecule has 1 rings (SSSR count). The van der Waals surface area contributed by atoms with Crippen LogP contribution in [0.4, 0.5) is 0 Å². The predicted octanol–water partition coefficient (Wildman–Crippen LogP) is 3.82. The van der Waals surface area contributed by atoms with E-state index in [1.165, 1.54) is 0 Å². The first-order valence-electron chi connectivity index (χ1n) is 4.12. The van der Waals surface area contributed by atoms with E-state index in [1.54, 1.807) is 0 Å². The molecule has 0 atom stereocenters. The summed E-state index contributed by atoms with van der Waals surface area (Å²) in [6.45, 7) is 5.98. The smallest absolute Gasteiger partial charge is 0.125 e. The SMILES string of the molecule is C[Si](C)(C)N=[N+]=[N-].c1ccccc1. The van der Waals surface area contributed by atoms with Gasteiger partial charge in [0.2, 0.25) is 0 Å². The third kappa shape index (κ3) is 10.7. The van der Waals surface area contributed by atoms with Gasteiger partial charge < -0.3 is 0 Å². The van der Waals surface area contributed by atoms with Crippen LogP contribution in [0.25, 0.3) is 10.4 Å². The summed E-state index contributed by atoms with van der Waals surface area (Å²) in [4.78, 5) is 2.69. The number of azide groups is 1. The number of hydrogen-bond acceptors (Lipinski definition) is 1. The van der Waals surface area contributed by atoms with E-state index in [9.17, 15) is 0 Å². The van der Waals surface area contributed by atoms with E-state index in [0.717, 1.165) is 0 Å². The maximum atomic E-state index is 7.89. The van der Waals surface area contributed by atoms with Crippen molar-refractivity contribution in [2.24, 2.45) is 4.78 Å². The molecule has 0 spiro atoms. The van der Waals surface area contributed by atoms with Gasteiger partial charge in [0, 0.05) is 0 Å². The molecule has 0 aromatic heterocycles. The molecule has 70 valence electrons. The standard InChI is InChI=1S/C6H6.C3H9N3Si/c1-2-4-6-5-3-1;1-7(2,3)6-5-4/h1-6H;1-3H3. The first kappa shape index (κ1) is 11.7. The molecule has 0 N–H and O–H groups in total. The van der Waals surface area contributed by atoms with Crippen LogP contribution in [0.5, 0.6) is 0 Å². The quantitative estimate of drug-likeness (QED) is 0.282. The zero-order valence-electron chi connectivity index (χ0n) is 8.31. The van der Waals surface area contributed by atoms with Gasteiger partial charge in [0.25, 0.3) is 0 Å². The molecule has 0 aliphatic heterocycles. The second-order valence-corrected chi connectivity index (χ2v) is 8.06. The maximum absolute atomic E-state index is 7.89. The first-order valence-corrected chi connectivity index (χ1v) is 7.57. The molecule has 0 aliphatic carbocycles. The minimum absolute atomic E-state index is 1.45. The monoisotopic (exact) mass is 193 g/mol. The lowest BCUT2D eigenvalue weighted by Crippen LogP contribution is -2.13. The molecule has 0 heterocycles. The molecule has 0 saturated heterocycles. The van der Waals surface area contributed by atoms with Crippen molar-refractivity contribution >= 4 is 8.24 Å². The van der Waals surface area contributed by atoms with Crippen molar-refractivity contribution < 1.29 is 0 Å². The highest BCUT2D eigenvalue weighted by Gasteiger charge is 2.07. The Kier molecular flexibility index (Phi) is 5.68. The normalized spacial score (nSPS) is 9.15. The van der Waals surface area contributed by atoms with Gasteiger partial charge in [0.1, 0.15) is 8.24 Å². The molecular weight excluding hydrogens is 178 g/mol. The topological polar surface area (TPSA) is 48.8 Å². The Bertz CT molecular complexity index is 233. The van der Waals surface area contributed by atoms with E-state index in [1.807, 2.05) is 56.0 Å². The number of rotatable bonds is 1. The molecule has 0 amide bonds. The van der Waals surface area contributed by atoms with Crippen molar-refractivity contribution in [3.8, 4) is 0 Å². The van der Waals surface area contributed by atoms with Crippen LogP contribution in [0.3, 0.4) is 0 Å². The summed E-state index contributed by atoms with van der Waals surface area (Å²) in [7, 11) is -1.45. The van der Waals surface area contributed by atoms with Crippen molar-refractivity contribution in [2.45, 2.75) is 19.6 Å². The van der Waals surface area contributed by atoms with Gasteiger partial charge in [0.05, 0.1) is 0 Å². The van der Waals surface area contributed by atoms with E-state index >= 15 is 0 Å². The van der Waals surface area contributed by atoms with Crippen LogP contribution in [0.15, 0.2) is 41.2 Å². The fraction of sp³-hybridized carbons (Fsp3) is 0.333. The van der Waals surface area contributed by atoms with E-state index in [-0.39, 0.29) is 0 Å². The van der Waals surface area contributed by atoms with Gasteiger partial charge in [-0.3, -0.25) is 0 Å². The van der Waals surface area contributed by atoms with Gasteiger partial charge in [-0.15, -0.1) is 4.78 Å². The van der Waals surface area contributed by atoms with Crippen molar-refractivity contribution in [1.82, 2.24) is 0 Å². The van der Waals surface area contributed by atoms with E-state index in [2.05, 4.69) is 9.69 Å². The third-order valence-electron chi connectivity index (χ3n) is 1.01. The average molecular weight is 193 g/mol. The van der Waals surface area contributed by atoms with E-state index in [4.69, 9.17) is 5.53 Å². The Morgan fingerprint density at radius 3 is 1.31 bits per heavy atom. The Morgan fingerprint density at radius 1 is 0.923 bits per heavy atom. The Balaban J connectivity index is 0.000000223. The molecule has 1 aromatic carbocycles. The average Bonchev–Trinajstić information content (AvgIpc) is 2.06. The highest BCUT2D eigenvalue weighted by molar-refractivity contribution is 6.74. The lowest BCUT2D eigenvalue weighted by Gasteiger charge is -2.01. The molecule has 0 unspecified atom stereocenters. The number of benzene rings is 1. The molecule has 0 saturated carbocycles. The highest BCUT2D eigenvalue weighted by Crippen LogP contribution is 2.00. The summed E-state index contributed by atoms with van der Waals surface area (Å²) in [6.07, 6.45) is 0. The van der Waals surface area contributed by atoms with Crippen molar-refractivity contribution in [2.75, 3.05) is 0 Å². The molecule has 0 radical (unpaired) electrons. The molecule has 0 bridgehead atoms. The van der Waals surface area contributed by atoms with E-state index < -0.39 is 8.24 Å². The summed E-state index contributed by atoms with van der Waals surface area (Å²) in [6, 6.07) is 12.0. The van der Waals surface area contributed by atoms with Crippen LogP contribution in [-0.4, -0.2) is 8.24 Å². The van der Waals surface area contributed by atoms with Gasteiger partial charge in [-0.25, -0.2) is 0 Å². The maximum Gasteiger partial charge on any atom is 0.146 e. The minimum Gasteiger partial charge on any atom is -0.125 e. The van der Waals surface area contributed by atoms with Gasteiger partial charge >= 0.3 is 0 Å². The van der Waals surface area contributed by atoms with Crippen LogP contribution in [0.2, 0.25) is 19.6 Å². The lowest BCUT2D eigenvalue weighted by molar-refractivity contribution is 1.52. The second kappa shape index (κ2) is 6.28. The lowest BCUT2D eigenvalue weighted by atomic mass is 10.4. The fourth-order valence-corrected chi connectivity index (χ4v) is 0.787. The second-order valence-electron chi connectivity index (χ2n) is 3.51. The molecule has 4 heteroatoms. The summed E-state index contributed by atoms with van der Waals surface area (Å²) in [5, 5.41) is 0. The molecule has 3 nitrogen and oxygen atoms in total. The van der Waals surface area contributed by atoms with Gasteiger partial charge in [-0.1, -0.05) is 56.0 Å². The molecule has 1 aromatic rings. The summed E-state index contributed by atoms with van der Waals surface area (Å²) < 4.78 is 3.58. The van der Waals surface area contributed by atoms with Crippen LogP contribution in [0, 0.1) is 0 Å². The van der Waals surface area contributed by atoms with Gasteiger partial charge in [-0.05, 0) is 10.4 Å². The Hall–Kier alpha value is -1.25. The highest BCUT2D eigenvalue weighted by atomic mass is 28.3. The summed E-state index contributed by atoms with van der Waals surface area (Å²) in [5.74, 6) is 0. The molecule has 0 aliphatic rings. The van der Waals surface area contributed by atoms with Crippen molar-refractivity contribution in [3.05, 3.63) is 46.8 Å². The minimum atomic E-state index is -1.45. The number of nitrogens with zero attached hydrogens (tertiary/aromatic N) is 3. The summed E-state index contributed by atoms with van der Waals surface area (Å²) in [5.41, 5.74) is 7.89. The Labute approximate surface area is 80.1 Å². The Morgan fingerprint density at radius 2 is 1.23 bits per heavy atom. The van der Waals surface area contributed by atoms with E-state index in [0.29, 0.717) is 0 Å².